The molecule has 180 valence electrons. The van der Waals surface area contributed by atoms with Gasteiger partial charge in [0.25, 0.3) is 5.91 Å². The fourth-order valence-electron chi connectivity index (χ4n) is 4.97. The summed E-state index contributed by atoms with van der Waals surface area (Å²) < 4.78 is 3.99. The summed E-state index contributed by atoms with van der Waals surface area (Å²) in [5.41, 5.74) is 5.80. The van der Waals surface area contributed by atoms with Gasteiger partial charge in [0.1, 0.15) is 11.3 Å². The van der Waals surface area contributed by atoms with Crippen molar-refractivity contribution < 1.29 is 4.79 Å². The van der Waals surface area contributed by atoms with E-state index < -0.39 is 0 Å². The van der Waals surface area contributed by atoms with Crippen LogP contribution in [0.25, 0.3) is 28.2 Å². The van der Waals surface area contributed by atoms with E-state index >= 15 is 0 Å². The number of aryl methyl sites for hydroxylation is 2. The Hall–Kier alpha value is -3.25. The van der Waals surface area contributed by atoms with Crippen molar-refractivity contribution in [1.82, 2.24) is 14.2 Å². The number of rotatable bonds is 4. The molecule has 36 heavy (non-hydrogen) atoms. The zero-order valence-corrected chi connectivity index (χ0v) is 21.4. The lowest BCUT2D eigenvalue weighted by molar-refractivity contribution is 0.102. The lowest BCUT2D eigenvalue weighted by atomic mass is 9.98. The minimum absolute atomic E-state index is 0.274. The Labute approximate surface area is 223 Å². The highest BCUT2D eigenvalue weighted by atomic mass is 35.5. The van der Waals surface area contributed by atoms with Crippen molar-refractivity contribution >= 4 is 52.0 Å². The molecule has 0 aliphatic carbocycles. The molecule has 5 nitrogen and oxygen atoms in total. The molecule has 3 heterocycles. The highest BCUT2D eigenvalue weighted by molar-refractivity contribution is 6.42. The second-order valence-corrected chi connectivity index (χ2v) is 10.0. The van der Waals surface area contributed by atoms with E-state index in [4.69, 9.17) is 39.9 Å². The molecular weight excluding hydrogens is 515 g/mol. The van der Waals surface area contributed by atoms with Crippen molar-refractivity contribution in [2.45, 2.75) is 25.8 Å². The zero-order valence-electron chi connectivity index (χ0n) is 19.1. The number of hydrogen-bond donors (Lipinski definition) is 1. The molecule has 1 amide bonds. The molecule has 0 spiro atoms. The fourth-order valence-corrected chi connectivity index (χ4v) is 5.49. The van der Waals surface area contributed by atoms with Gasteiger partial charge in [0.15, 0.2) is 5.82 Å². The standard InChI is InChI=1S/C28H21Cl3N4O/c29-21-12-5-4-10-19(21)26-33-35-25(27(36)32-18-13-14-22(30)23(31)16-18)24(17-8-2-1-3-9-17)20-11-6-7-15-34(26)28(20)35/h1-5,8-10,12-14,16H,6-7,11,15H2,(H,32,36). The van der Waals surface area contributed by atoms with Gasteiger partial charge in [-0.3, -0.25) is 4.79 Å². The molecule has 0 saturated heterocycles. The van der Waals surface area contributed by atoms with E-state index in [1.54, 1.807) is 22.7 Å². The molecule has 0 bridgehead atoms. The first-order chi connectivity index (χ1) is 17.5. The second kappa shape index (κ2) is 9.32. The third kappa shape index (κ3) is 3.88. The summed E-state index contributed by atoms with van der Waals surface area (Å²) >= 11 is 18.9. The van der Waals surface area contributed by atoms with E-state index in [0.29, 0.717) is 26.4 Å². The Morgan fingerprint density at radius 3 is 2.42 bits per heavy atom. The Kier molecular flexibility index (Phi) is 6.00. The van der Waals surface area contributed by atoms with E-state index in [0.717, 1.165) is 59.5 Å². The summed E-state index contributed by atoms with van der Waals surface area (Å²) in [6.07, 6.45) is 2.87. The van der Waals surface area contributed by atoms with Gasteiger partial charge in [-0.1, -0.05) is 77.3 Å². The van der Waals surface area contributed by atoms with Crippen LogP contribution in [0.1, 0.15) is 28.9 Å². The van der Waals surface area contributed by atoms with Gasteiger partial charge in [-0.25, -0.2) is 4.52 Å². The number of halogens is 3. The highest BCUT2D eigenvalue weighted by Gasteiger charge is 2.31. The quantitative estimate of drug-likeness (QED) is 0.253. The van der Waals surface area contributed by atoms with Crippen molar-refractivity contribution in [3.05, 3.63) is 99.1 Å². The Balaban J connectivity index is 1.61. The number of nitrogens with zero attached hydrogens (tertiary/aromatic N) is 3. The molecule has 1 N–H and O–H groups in total. The molecule has 0 unspecified atom stereocenters. The van der Waals surface area contributed by atoms with Gasteiger partial charge >= 0.3 is 0 Å². The number of hydrogen-bond acceptors (Lipinski definition) is 2. The first-order valence-corrected chi connectivity index (χ1v) is 12.9. The van der Waals surface area contributed by atoms with E-state index in [-0.39, 0.29) is 5.91 Å². The number of carbonyl (C=O) groups is 1. The SMILES string of the molecule is O=C(Nc1ccc(Cl)c(Cl)c1)c1c(-c2ccccc2)c2c3n(c(-c4ccccc4Cl)nn13)CCCC2. The van der Waals surface area contributed by atoms with Crippen LogP contribution in [0.3, 0.4) is 0 Å². The summed E-state index contributed by atoms with van der Waals surface area (Å²) in [6.45, 7) is 0.795. The van der Waals surface area contributed by atoms with Crippen molar-refractivity contribution in [3.63, 3.8) is 0 Å². The molecule has 8 heteroatoms. The average Bonchev–Trinajstić information content (AvgIpc) is 3.30. The molecule has 0 saturated carbocycles. The number of carbonyl (C=O) groups excluding carboxylic acids is 1. The molecule has 6 rings (SSSR count). The lowest BCUT2D eigenvalue weighted by Gasteiger charge is -2.10. The predicted octanol–water partition coefficient (Wildman–Crippen LogP) is 8.02. The van der Waals surface area contributed by atoms with Crippen molar-refractivity contribution in [1.29, 1.82) is 0 Å². The van der Waals surface area contributed by atoms with E-state index in [1.807, 2.05) is 54.6 Å². The molecule has 0 radical (unpaired) electrons. The summed E-state index contributed by atoms with van der Waals surface area (Å²) in [5.74, 6) is 0.478. The van der Waals surface area contributed by atoms with Crippen molar-refractivity contribution in [2.75, 3.05) is 5.32 Å². The van der Waals surface area contributed by atoms with Gasteiger partial charge in [-0.15, -0.1) is 5.10 Å². The monoisotopic (exact) mass is 534 g/mol. The number of benzene rings is 3. The van der Waals surface area contributed by atoms with Crippen LogP contribution in [0.5, 0.6) is 0 Å². The van der Waals surface area contributed by atoms with Gasteiger partial charge in [-0.05, 0) is 55.2 Å². The van der Waals surface area contributed by atoms with Crippen LogP contribution < -0.4 is 5.32 Å². The lowest BCUT2D eigenvalue weighted by Crippen LogP contribution is -2.16. The summed E-state index contributed by atoms with van der Waals surface area (Å²) in [5, 5.41) is 9.41. The normalized spacial score (nSPS) is 13.1. The minimum atomic E-state index is -0.274. The zero-order chi connectivity index (χ0) is 24.8. The van der Waals surface area contributed by atoms with Gasteiger partial charge in [0.05, 0.1) is 15.1 Å². The predicted molar refractivity (Wildman–Crippen MR) is 146 cm³/mol. The maximum absolute atomic E-state index is 13.9. The van der Waals surface area contributed by atoms with Crippen LogP contribution in [0, 0.1) is 0 Å². The maximum atomic E-state index is 13.9. The van der Waals surface area contributed by atoms with Crippen LogP contribution in [0.15, 0.2) is 72.8 Å². The van der Waals surface area contributed by atoms with Gasteiger partial charge in [-0.2, -0.15) is 0 Å². The largest absolute Gasteiger partial charge is 0.321 e. The number of nitrogens with one attached hydrogen (secondary N) is 1. The molecule has 5 aromatic rings. The topological polar surface area (TPSA) is 51.3 Å². The third-order valence-electron chi connectivity index (χ3n) is 6.56. The van der Waals surface area contributed by atoms with Crippen LogP contribution in [0.2, 0.25) is 15.1 Å². The summed E-state index contributed by atoms with van der Waals surface area (Å²) in [6, 6.07) is 22.7. The first kappa shape index (κ1) is 23.2. The van der Waals surface area contributed by atoms with Gasteiger partial charge in [0.2, 0.25) is 0 Å². The molecule has 0 atom stereocenters. The van der Waals surface area contributed by atoms with Gasteiger partial charge < -0.3 is 9.88 Å². The Bertz CT molecular complexity index is 1620. The van der Waals surface area contributed by atoms with Crippen molar-refractivity contribution in [3.8, 4) is 22.5 Å². The summed E-state index contributed by atoms with van der Waals surface area (Å²) in [7, 11) is 0. The molecule has 0 fully saturated rings. The number of amides is 1. The molecule has 2 aromatic heterocycles. The van der Waals surface area contributed by atoms with Crippen molar-refractivity contribution in [2.24, 2.45) is 0 Å². The minimum Gasteiger partial charge on any atom is -0.321 e. The summed E-state index contributed by atoms with van der Waals surface area (Å²) in [4.78, 5) is 13.9. The van der Waals surface area contributed by atoms with Gasteiger partial charge in [0, 0.05) is 28.9 Å². The molecule has 3 aromatic carbocycles. The maximum Gasteiger partial charge on any atom is 0.275 e. The van der Waals surface area contributed by atoms with Crippen LogP contribution >= 0.6 is 34.8 Å². The van der Waals surface area contributed by atoms with E-state index in [9.17, 15) is 4.79 Å². The number of aromatic nitrogens is 3. The number of anilines is 1. The highest BCUT2D eigenvalue weighted by Crippen LogP contribution is 2.39. The first-order valence-electron chi connectivity index (χ1n) is 11.7. The molecular formula is C28H21Cl3N4O. The Morgan fingerprint density at radius 2 is 1.64 bits per heavy atom. The fraction of sp³-hybridized carbons (Fsp3) is 0.143. The van der Waals surface area contributed by atoms with E-state index in [2.05, 4.69) is 9.88 Å². The molecule has 1 aliphatic heterocycles. The van der Waals surface area contributed by atoms with Crippen LogP contribution in [0.4, 0.5) is 5.69 Å². The smallest absolute Gasteiger partial charge is 0.275 e. The van der Waals surface area contributed by atoms with E-state index in [1.165, 1.54) is 0 Å². The molecule has 1 aliphatic rings. The van der Waals surface area contributed by atoms with Crippen LogP contribution in [-0.2, 0) is 13.0 Å². The van der Waals surface area contributed by atoms with Crippen LogP contribution in [-0.4, -0.2) is 20.1 Å². The Morgan fingerprint density at radius 1 is 0.861 bits per heavy atom. The average molecular weight is 536 g/mol. The third-order valence-corrected chi connectivity index (χ3v) is 7.62. The second-order valence-electron chi connectivity index (χ2n) is 8.80.